The average Bonchev–Trinajstić information content (AvgIpc) is 2.46. The molecular weight excluding hydrogens is 312 g/mol. The Balaban J connectivity index is 2.41. The van der Waals surface area contributed by atoms with Crippen molar-refractivity contribution in [2.75, 3.05) is 0 Å². The molecule has 0 amide bonds. The zero-order valence-electron chi connectivity index (χ0n) is 13.4. The van der Waals surface area contributed by atoms with E-state index in [1.54, 1.807) is 6.07 Å². The van der Waals surface area contributed by atoms with Crippen LogP contribution in [-0.2, 0) is 10.8 Å². The van der Waals surface area contributed by atoms with Gasteiger partial charge in [-0.25, -0.2) is 0 Å². The van der Waals surface area contributed by atoms with Crippen LogP contribution in [0.1, 0.15) is 17.2 Å². The first-order chi connectivity index (χ1) is 10.8. The lowest BCUT2D eigenvalue weighted by Gasteiger charge is -2.26. The van der Waals surface area contributed by atoms with Gasteiger partial charge in [-0.05, 0) is 31.3 Å². The molecule has 23 heavy (non-hydrogen) atoms. The van der Waals surface area contributed by atoms with Crippen LogP contribution in [0.5, 0.6) is 0 Å². The molecule has 0 fully saturated rings. The van der Waals surface area contributed by atoms with Crippen LogP contribution in [0.15, 0.2) is 47.4 Å². The molecule has 122 valence electrons. The van der Waals surface area contributed by atoms with Crippen LogP contribution in [0.25, 0.3) is 0 Å². The first-order valence-electron chi connectivity index (χ1n) is 7.35. The van der Waals surface area contributed by atoms with Gasteiger partial charge < -0.3 is 9.41 Å². The SMILES string of the molecule is C[Si](C)(C)OC(Cc1cc[nH]c(=O)c1[N+](=O)[O-])c1ccccc1. The van der Waals surface area contributed by atoms with Crippen LogP contribution in [-0.4, -0.2) is 18.2 Å². The van der Waals surface area contributed by atoms with Gasteiger partial charge in [0.15, 0.2) is 8.32 Å². The molecule has 0 radical (unpaired) electrons. The van der Waals surface area contributed by atoms with Crippen molar-refractivity contribution in [1.82, 2.24) is 4.98 Å². The molecule has 0 bridgehead atoms. The summed E-state index contributed by atoms with van der Waals surface area (Å²) in [6, 6.07) is 11.2. The molecule has 0 aliphatic carbocycles. The maximum absolute atomic E-state index is 11.8. The van der Waals surface area contributed by atoms with Crippen LogP contribution >= 0.6 is 0 Å². The summed E-state index contributed by atoms with van der Waals surface area (Å²) in [5, 5.41) is 11.2. The number of hydrogen-bond donors (Lipinski definition) is 1. The molecule has 1 atom stereocenters. The van der Waals surface area contributed by atoms with E-state index in [1.807, 2.05) is 30.3 Å². The van der Waals surface area contributed by atoms with E-state index in [-0.39, 0.29) is 12.5 Å². The summed E-state index contributed by atoms with van der Waals surface area (Å²) in [7, 11) is -1.87. The molecule has 0 saturated carbocycles. The minimum Gasteiger partial charge on any atom is -0.410 e. The number of benzene rings is 1. The topological polar surface area (TPSA) is 85.2 Å². The number of aromatic nitrogens is 1. The summed E-state index contributed by atoms with van der Waals surface area (Å²) in [5.74, 6) is 0. The fourth-order valence-corrected chi connectivity index (χ4v) is 3.47. The van der Waals surface area contributed by atoms with Crippen molar-refractivity contribution in [2.45, 2.75) is 32.2 Å². The number of rotatable bonds is 6. The van der Waals surface area contributed by atoms with E-state index < -0.39 is 24.5 Å². The van der Waals surface area contributed by atoms with E-state index in [1.165, 1.54) is 6.20 Å². The molecule has 0 spiro atoms. The van der Waals surface area contributed by atoms with Crippen LogP contribution in [0.3, 0.4) is 0 Å². The maximum Gasteiger partial charge on any atom is 0.337 e. The normalized spacial score (nSPS) is 12.8. The molecule has 0 saturated heterocycles. The molecule has 1 N–H and O–H groups in total. The Bertz CT molecular complexity index is 738. The summed E-state index contributed by atoms with van der Waals surface area (Å²) in [4.78, 5) is 24.7. The van der Waals surface area contributed by atoms with E-state index in [4.69, 9.17) is 4.43 Å². The van der Waals surface area contributed by atoms with Gasteiger partial charge in [0.25, 0.3) is 0 Å². The standard InChI is InChI=1S/C16H20N2O4Si/c1-23(2,3)22-14(12-7-5-4-6-8-12)11-13-9-10-17-16(19)15(13)18(20)21/h4-10,14H,11H2,1-3H3,(H,17,19). The number of pyridine rings is 1. The molecule has 2 aromatic rings. The highest BCUT2D eigenvalue weighted by Crippen LogP contribution is 2.28. The third kappa shape index (κ3) is 4.61. The lowest BCUT2D eigenvalue weighted by Crippen LogP contribution is -2.29. The zero-order valence-corrected chi connectivity index (χ0v) is 14.4. The van der Waals surface area contributed by atoms with Gasteiger partial charge in [-0.15, -0.1) is 0 Å². The monoisotopic (exact) mass is 332 g/mol. The minimum absolute atomic E-state index is 0.286. The molecule has 2 rings (SSSR count). The predicted octanol–water partition coefficient (Wildman–Crippen LogP) is 3.42. The van der Waals surface area contributed by atoms with Gasteiger partial charge in [-0.2, -0.15) is 0 Å². The van der Waals surface area contributed by atoms with E-state index in [9.17, 15) is 14.9 Å². The Hall–Kier alpha value is -2.25. The molecule has 1 heterocycles. The average molecular weight is 332 g/mol. The molecular formula is C16H20N2O4Si. The van der Waals surface area contributed by atoms with Gasteiger partial charge in [-0.3, -0.25) is 14.9 Å². The van der Waals surface area contributed by atoms with Crippen molar-refractivity contribution < 1.29 is 9.35 Å². The fraction of sp³-hybridized carbons (Fsp3) is 0.312. The number of nitro groups is 1. The quantitative estimate of drug-likeness (QED) is 0.499. The summed E-state index contributed by atoms with van der Waals surface area (Å²) < 4.78 is 6.21. The van der Waals surface area contributed by atoms with E-state index in [2.05, 4.69) is 24.6 Å². The zero-order chi connectivity index (χ0) is 17.0. The van der Waals surface area contributed by atoms with E-state index in [0.717, 1.165) is 5.56 Å². The van der Waals surface area contributed by atoms with Gasteiger partial charge in [0.1, 0.15) is 0 Å². The summed E-state index contributed by atoms with van der Waals surface area (Å²) >= 11 is 0. The van der Waals surface area contributed by atoms with Gasteiger partial charge in [-0.1, -0.05) is 30.3 Å². The lowest BCUT2D eigenvalue weighted by atomic mass is 10.0. The first kappa shape index (κ1) is 17.1. The number of aromatic amines is 1. The fourth-order valence-electron chi connectivity index (χ4n) is 2.40. The van der Waals surface area contributed by atoms with Crippen molar-refractivity contribution in [2.24, 2.45) is 0 Å². The van der Waals surface area contributed by atoms with Crippen LogP contribution in [0, 0.1) is 10.1 Å². The second-order valence-corrected chi connectivity index (χ2v) is 10.7. The van der Waals surface area contributed by atoms with Gasteiger partial charge >= 0.3 is 11.2 Å². The molecule has 7 heteroatoms. The second kappa shape index (κ2) is 6.89. The largest absolute Gasteiger partial charge is 0.410 e. The summed E-state index contributed by atoms with van der Waals surface area (Å²) in [6.45, 7) is 6.19. The minimum atomic E-state index is -1.87. The Labute approximate surface area is 135 Å². The van der Waals surface area contributed by atoms with Gasteiger partial charge in [0.05, 0.1) is 11.0 Å². The Morgan fingerprint density at radius 3 is 2.43 bits per heavy atom. The Morgan fingerprint density at radius 2 is 1.87 bits per heavy atom. The third-order valence-corrected chi connectivity index (χ3v) is 4.26. The number of nitrogens with zero attached hydrogens (tertiary/aromatic N) is 1. The van der Waals surface area contributed by atoms with Gasteiger partial charge in [0.2, 0.25) is 0 Å². The Morgan fingerprint density at radius 1 is 1.22 bits per heavy atom. The highest BCUT2D eigenvalue weighted by molar-refractivity contribution is 6.69. The van der Waals surface area contributed by atoms with Crippen LogP contribution < -0.4 is 5.56 Å². The molecule has 0 aliphatic rings. The lowest BCUT2D eigenvalue weighted by molar-refractivity contribution is -0.387. The van der Waals surface area contributed by atoms with E-state index >= 15 is 0 Å². The third-order valence-electron chi connectivity index (χ3n) is 3.27. The Kier molecular flexibility index (Phi) is 5.12. The highest BCUT2D eigenvalue weighted by atomic mass is 28.4. The number of H-pyrrole nitrogens is 1. The molecule has 1 aromatic carbocycles. The first-order valence-corrected chi connectivity index (χ1v) is 10.8. The molecule has 1 aromatic heterocycles. The summed E-state index contributed by atoms with van der Waals surface area (Å²) in [5.41, 5.74) is 0.232. The van der Waals surface area contributed by atoms with Crippen molar-refractivity contribution >= 4 is 14.0 Å². The van der Waals surface area contributed by atoms with Crippen LogP contribution in [0.2, 0.25) is 19.6 Å². The summed E-state index contributed by atoms with van der Waals surface area (Å²) in [6.07, 6.45) is 1.40. The highest BCUT2D eigenvalue weighted by Gasteiger charge is 2.26. The number of hydrogen-bond acceptors (Lipinski definition) is 4. The maximum atomic E-state index is 11.8. The molecule has 6 nitrogen and oxygen atoms in total. The van der Waals surface area contributed by atoms with Crippen molar-refractivity contribution in [3.8, 4) is 0 Å². The van der Waals surface area contributed by atoms with Crippen molar-refractivity contribution in [1.29, 1.82) is 0 Å². The smallest absolute Gasteiger partial charge is 0.337 e. The molecule has 0 aliphatic heterocycles. The number of nitrogens with one attached hydrogen (secondary N) is 1. The van der Waals surface area contributed by atoms with Crippen molar-refractivity contribution in [3.63, 3.8) is 0 Å². The molecule has 1 unspecified atom stereocenters. The second-order valence-electron chi connectivity index (χ2n) is 6.27. The predicted molar refractivity (Wildman–Crippen MR) is 91.0 cm³/mol. The van der Waals surface area contributed by atoms with Gasteiger partial charge in [0, 0.05) is 18.2 Å². The van der Waals surface area contributed by atoms with Crippen LogP contribution in [0.4, 0.5) is 5.69 Å². The van der Waals surface area contributed by atoms with Crippen molar-refractivity contribution in [3.05, 3.63) is 74.2 Å². The van der Waals surface area contributed by atoms with E-state index in [0.29, 0.717) is 5.56 Å².